The molecule has 0 aliphatic carbocycles. The van der Waals surface area contributed by atoms with Gasteiger partial charge in [0, 0.05) is 26.2 Å². The first-order chi connectivity index (χ1) is 8.52. The molecule has 1 aromatic heterocycles. The molecule has 0 spiro atoms. The molecule has 0 saturated carbocycles. The van der Waals surface area contributed by atoms with Crippen LogP contribution in [0.2, 0.25) is 0 Å². The molecule has 1 aliphatic heterocycles. The maximum Gasteiger partial charge on any atom is 0.272 e. The number of aryl methyl sites for hydroxylation is 2. The van der Waals surface area contributed by atoms with Crippen LogP contribution in [0.4, 0.5) is 0 Å². The van der Waals surface area contributed by atoms with Crippen LogP contribution < -0.4 is 0 Å². The number of likely N-dealkylation sites (tertiary alicyclic amines) is 1. The SMILES string of the molecule is Cc1cc(C(=O)N2CC(CO)CCC2C)n(C)n1. The summed E-state index contributed by atoms with van der Waals surface area (Å²) in [5, 5.41) is 13.5. The summed E-state index contributed by atoms with van der Waals surface area (Å²) in [5.74, 6) is 0.225. The summed E-state index contributed by atoms with van der Waals surface area (Å²) in [6.07, 6.45) is 1.94. The molecular formula is C13H21N3O2. The maximum absolute atomic E-state index is 12.5. The van der Waals surface area contributed by atoms with E-state index >= 15 is 0 Å². The fraction of sp³-hybridized carbons (Fsp3) is 0.692. The zero-order chi connectivity index (χ0) is 13.3. The number of aromatic nitrogens is 2. The quantitative estimate of drug-likeness (QED) is 0.851. The van der Waals surface area contributed by atoms with Gasteiger partial charge in [-0.15, -0.1) is 0 Å². The van der Waals surface area contributed by atoms with Crippen molar-refractivity contribution in [2.24, 2.45) is 13.0 Å². The Morgan fingerprint density at radius 2 is 2.28 bits per heavy atom. The number of piperidine rings is 1. The van der Waals surface area contributed by atoms with Gasteiger partial charge in [-0.25, -0.2) is 0 Å². The van der Waals surface area contributed by atoms with Gasteiger partial charge in [-0.2, -0.15) is 5.10 Å². The Balaban J connectivity index is 2.19. The summed E-state index contributed by atoms with van der Waals surface area (Å²) in [7, 11) is 1.79. The van der Waals surface area contributed by atoms with Crippen LogP contribution in [0.25, 0.3) is 0 Å². The number of hydrogen-bond acceptors (Lipinski definition) is 3. The Morgan fingerprint density at radius 3 is 2.83 bits per heavy atom. The van der Waals surface area contributed by atoms with Gasteiger partial charge in [0.1, 0.15) is 5.69 Å². The monoisotopic (exact) mass is 251 g/mol. The molecule has 2 atom stereocenters. The normalized spacial score (nSPS) is 24.3. The third kappa shape index (κ3) is 2.41. The first-order valence-electron chi connectivity index (χ1n) is 6.45. The van der Waals surface area contributed by atoms with Gasteiger partial charge in [0.2, 0.25) is 0 Å². The number of carbonyl (C=O) groups excluding carboxylic acids is 1. The summed E-state index contributed by atoms with van der Waals surface area (Å²) in [6, 6.07) is 2.05. The van der Waals surface area contributed by atoms with E-state index in [9.17, 15) is 9.90 Å². The first kappa shape index (κ1) is 13.1. The lowest BCUT2D eigenvalue weighted by Gasteiger charge is -2.37. The highest BCUT2D eigenvalue weighted by Crippen LogP contribution is 2.23. The average Bonchev–Trinajstić information content (AvgIpc) is 2.68. The van der Waals surface area contributed by atoms with Crippen LogP contribution in [-0.2, 0) is 7.05 Å². The second kappa shape index (κ2) is 5.10. The standard InChI is InChI=1S/C13H21N3O2/c1-9-6-12(15(3)14-9)13(18)16-7-11(8-17)5-4-10(16)2/h6,10-11,17H,4-5,7-8H2,1-3H3. The average molecular weight is 251 g/mol. The van der Waals surface area contributed by atoms with Crippen LogP contribution in [0.1, 0.15) is 35.9 Å². The molecule has 1 saturated heterocycles. The topological polar surface area (TPSA) is 58.4 Å². The minimum absolute atomic E-state index is 0.0174. The summed E-state index contributed by atoms with van der Waals surface area (Å²) < 4.78 is 1.63. The predicted octanol–water partition coefficient (Wildman–Crippen LogP) is 0.962. The number of nitrogens with zero attached hydrogens (tertiary/aromatic N) is 3. The van der Waals surface area contributed by atoms with Crippen LogP contribution >= 0.6 is 0 Å². The van der Waals surface area contributed by atoms with E-state index in [4.69, 9.17) is 0 Å². The molecule has 18 heavy (non-hydrogen) atoms. The number of carbonyl (C=O) groups is 1. The summed E-state index contributed by atoms with van der Waals surface area (Å²) in [4.78, 5) is 14.4. The Hall–Kier alpha value is -1.36. The van der Waals surface area contributed by atoms with Gasteiger partial charge in [-0.05, 0) is 38.7 Å². The number of aliphatic hydroxyl groups excluding tert-OH is 1. The van der Waals surface area contributed by atoms with Crippen LogP contribution in [0.5, 0.6) is 0 Å². The number of amides is 1. The Kier molecular flexibility index (Phi) is 3.71. The van der Waals surface area contributed by atoms with Crippen LogP contribution in [0.3, 0.4) is 0 Å². The Morgan fingerprint density at radius 1 is 1.56 bits per heavy atom. The van der Waals surface area contributed by atoms with Crippen LogP contribution in [0.15, 0.2) is 6.07 Å². The van der Waals surface area contributed by atoms with Gasteiger partial charge in [0.05, 0.1) is 5.69 Å². The number of rotatable bonds is 2. The lowest BCUT2D eigenvalue weighted by molar-refractivity contribution is 0.0478. The molecule has 1 aromatic rings. The summed E-state index contributed by atoms with van der Waals surface area (Å²) >= 11 is 0. The molecule has 2 rings (SSSR count). The van der Waals surface area contributed by atoms with Crippen molar-refractivity contribution in [3.63, 3.8) is 0 Å². The number of aliphatic hydroxyl groups is 1. The van der Waals surface area contributed by atoms with Crippen LogP contribution in [0, 0.1) is 12.8 Å². The molecule has 5 nitrogen and oxygen atoms in total. The van der Waals surface area contributed by atoms with E-state index in [1.54, 1.807) is 11.7 Å². The largest absolute Gasteiger partial charge is 0.396 e. The van der Waals surface area contributed by atoms with Crippen molar-refractivity contribution in [2.75, 3.05) is 13.2 Å². The lowest BCUT2D eigenvalue weighted by Crippen LogP contribution is -2.46. The summed E-state index contributed by atoms with van der Waals surface area (Å²) in [6.45, 7) is 4.74. The molecule has 2 unspecified atom stereocenters. The fourth-order valence-corrected chi connectivity index (χ4v) is 2.57. The van der Waals surface area contributed by atoms with Gasteiger partial charge in [-0.3, -0.25) is 9.48 Å². The molecule has 0 radical (unpaired) electrons. The van der Waals surface area contributed by atoms with E-state index in [0.717, 1.165) is 18.5 Å². The van der Waals surface area contributed by atoms with Crippen molar-refractivity contribution < 1.29 is 9.90 Å². The highest BCUT2D eigenvalue weighted by atomic mass is 16.3. The van der Waals surface area contributed by atoms with Crippen molar-refractivity contribution in [3.8, 4) is 0 Å². The van der Waals surface area contributed by atoms with E-state index < -0.39 is 0 Å². The fourth-order valence-electron chi connectivity index (χ4n) is 2.57. The third-order valence-electron chi connectivity index (χ3n) is 3.72. The second-order valence-corrected chi connectivity index (χ2v) is 5.23. The molecule has 1 amide bonds. The van der Waals surface area contributed by atoms with E-state index in [2.05, 4.69) is 12.0 Å². The van der Waals surface area contributed by atoms with Gasteiger partial charge >= 0.3 is 0 Å². The molecule has 100 valence electrons. The van der Waals surface area contributed by atoms with Crippen LogP contribution in [-0.4, -0.2) is 44.9 Å². The molecule has 2 heterocycles. The molecule has 0 aromatic carbocycles. The van der Waals surface area contributed by atoms with Crippen molar-refractivity contribution in [3.05, 3.63) is 17.5 Å². The highest BCUT2D eigenvalue weighted by molar-refractivity contribution is 5.93. The van der Waals surface area contributed by atoms with Gasteiger partial charge in [-0.1, -0.05) is 0 Å². The predicted molar refractivity (Wildman–Crippen MR) is 68.3 cm³/mol. The maximum atomic E-state index is 12.5. The van der Waals surface area contributed by atoms with Crippen molar-refractivity contribution in [2.45, 2.75) is 32.7 Å². The minimum atomic E-state index is 0.0174. The second-order valence-electron chi connectivity index (χ2n) is 5.23. The number of hydrogen-bond donors (Lipinski definition) is 1. The minimum Gasteiger partial charge on any atom is -0.396 e. The highest BCUT2D eigenvalue weighted by Gasteiger charge is 2.30. The van der Waals surface area contributed by atoms with Crippen molar-refractivity contribution in [1.82, 2.24) is 14.7 Å². The molecule has 1 aliphatic rings. The molecular weight excluding hydrogens is 230 g/mol. The molecule has 0 bridgehead atoms. The first-order valence-corrected chi connectivity index (χ1v) is 6.45. The molecule has 1 N–H and O–H groups in total. The van der Waals surface area contributed by atoms with E-state index in [1.807, 2.05) is 17.9 Å². The van der Waals surface area contributed by atoms with Crippen molar-refractivity contribution in [1.29, 1.82) is 0 Å². The zero-order valence-corrected chi connectivity index (χ0v) is 11.3. The van der Waals surface area contributed by atoms with Gasteiger partial charge in [0.15, 0.2) is 0 Å². The van der Waals surface area contributed by atoms with E-state index in [1.165, 1.54) is 0 Å². The van der Waals surface area contributed by atoms with E-state index in [-0.39, 0.29) is 24.5 Å². The summed E-state index contributed by atoms with van der Waals surface area (Å²) in [5.41, 5.74) is 1.47. The molecule has 5 heteroatoms. The smallest absolute Gasteiger partial charge is 0.272 e. The van der Waals surface area contributed by atoms with Gasteiger partial charge < -0.3 is 10.0 Å². The Bertz CT molecular complexity index is 441. The van der Waals surface area contributed by atoms with Crippen molar-refractivity contribution >= 4 is 5.91 Å². The zero-order valence-electron chi connectivity index (χ0n) is 11.3. The van der Waals surface area contributed by atoms with E-state index in [0.29, 0.717) is 12.2 Å². The third-order valence-corrected chi connectivity index (χ3v) is 3.72. The lowest BCUT2D eigenvalue weighted by atomic mass is 9.94. The Labute approximate surface area is 107 Å². The van der Waals surface area contributed by atoms with Gasteiger partial charge in [0.25, 0.3) is 5.91 Å². The molecule has 1 fully saturated rings.